The van der Waals surface area contributed by atoms with Gasteiger partial charge >= 0.3 is 0 Å². The van der Waals surface area contributed by atoms with Crippen molar-refractivity contribution in [2.75, 3.05) is 19.6 Å². The van der Waals surface area contributed by atoms with Gasteiger partial charge in [0, 0.05) is 31.2 Å². The summed E-state index contributed by atoms with van der Waals surface area (Å²) in [6, 6.07) is 10.4. The standard InChI is InChI=1S/C23H30N4O2/c28-22(17-10-11-17)19-14-24-12-13-26(19)23(29)20-21(16-6-2-1-3-7-16)27(15-25-20)18-8-4-5-9-18/h1-3,6-7,15,17-19,22,24,28H,4-5,8-14H2/t19-,22?/m0/s1. The number of hydrogen-bond donors (Lipinski definition) is 2. The Kier molecular flexibility index (Phi) is 5.14. The van der Waals surface area contributed by atoms with Crippen molar-refractivity contribution >= 4 is 5.91 Å². The fourth-order valence-electron chi connectivity index (χ4n) is 5.03. The number of carbonyl (C=O) groups is 1. The molecule has 29 heavy (non-hydrogen) atoms. The number of benzene rings is 1. The predicted molar refractivity (Wildman–Crippen MR) is 112 cm³/mol. The highest BCUT2D eigenvalue weighted by Gasteiger charge is 2.41. The van der Waals surface area contributed by atoms with Crippen LogP contribution in [-0.2, 0) is 0 Å². The number of aromatic nitrogens is 2. The average molecular weight is 395 g/mol. The first kappa shape index (κ1) is 18.8. The average Bonchev–Trinajstić information content (AvgIpc) is 3.30. The second-order valence-corrected chi connectivity index (χ2v) is 8.75. The van der Waals surface area contributed by atoms with E-state index >= 15 is 0 Å². The zero-order valence-corrected chi connectivity index (χ0v) is 16.8. The summed E-state index contributed by atoms with van der Waals surface area (Å²) >= 11 is 0. The molecule has 2 N–H and O–H groups in total. The highest BCUT2D eigenvalue weighted by Crippen LogP contribution is 2.37. The van der Waals surface area contributed by atoms with Gasteiger partial charge in [-0.05, 0) is 31.6 Å². The Bertz CT molecular complexity index is 855. The monoisotopic (exact) mass is 394 g/mol. The van der Waals surface area contributed by atoms with Crippen molar-refractivity contribution in [2.45, 2.75) is 56.7 Å². The molecular formula is C23H30N4O2. The van der Waals surface area contributed by atoms with Gasteiger partial charge in [0.15, 0.2) is 5.69 Å². The molecule has 1 aromatic heterocycles. The molecule has 5 rings (SSSR count). The molecule has 1 amide bonds. The van der Waals surface area contributed by atoms with Gasteiger partial charge in [-0.1, -0.05) is 43.2 Å². The molecule has 2 atom stereocenters. The number of piperazine rings is 1. The zero-order valence-electron chi connectivity index (χ0n) is 16.8. The lowest BCUT2D eigenvalue weighted by atomic mass is 10.0. The van der Waals surface area contributed by atoms with Gasteiger partial charge in [-0.25, -0.2) is 4.98 Å². The van der Waals surface area contributed by atoms with Crippen LogP contribution in [0.15, 0.2) is 36.7 Å². The van der Waals surface area contributed by atoms with Gasteiger partial charge in [0.05, 0.1) is 24.2 Å². The number of nitrogens with one attached hydrogen (secondary N) is 1. The molecule has 2 saturated carbocycles. The van der Waals surface area contributed by atoms with Crippen molar-refractivity contribution in [2.24, 2.45) is 5.92 Å². The van der Waals surface area contributed by atoms with E-state index in [1.807, 2.05) is 29.4 Å². The van der Waals surface area contributed by atoms with Gasteiger partial charge in [-0.3, -0.25) is 4.79 Å². The van der Waals surface area contributed by atoms with Crippen LogP contribution in [0.4, 0.5) is 0 Å². The molecule has 3 fully saturated rings. The second kappa shape index (κ2) is 7.92. The molecule has 2 heterocycles. The van der Waals surface area contributed by atoms with E-state index in [2.05, 4.69) is 27.0 Å². The van der Waals surface area contributed by atoms with Crippen LogP contribution in [0.3, 0.4) is 0 Å². The number of hydrogen-bond acceptors (Lipinski definition) is 4. The molecule has 6 nitrogen and oxygen atoms in total. The first-order valence-corrected chi connectivity index (χ1v) is 11.1. The molecule has 3 aliphatic rings. The summed E-state index contributed by atoms with van der Waals surface area (Å²) < 4.78 is 2.23. The van der Waals surface area contributed by atoms with Gasteiger partial charge < -0.3 is 19.9 Å². The molecule has 6 heteroatoms. The molecule has 0 radical (unpaired) electrons. The van der Waals surface area contributed by atoms with Crippen LogP contribution in [0.1, 0.15) is 55.1 Å². The number of carbonyl (C=O) groups excluding carboxylic acids is 1. The first-order chi connectivity index (χ1) is 14.2. The minimum absolute atomic E-state index is 0.0493. The molecule has 1 aliphatic heterocycles. The summed E-state index contributed by atoms with van der Waals surface area (Å²) in [5.41, 5.74) is 2.49. The number of aliphatic hydroxyl groups excluding tert-OH is 1. The highest BCUT2D eigenvalue weighted by molar-refractivity contribution is 5.98. The van der Waals surface area contributed by atoms with Gasteiger partial charge in [0.1, 0.15) is 0 Å². The van der Waals surface area contributed by atoms with Gasteiger partial charge in [-0.15, -0.1) is 0 Å². The van der Waals surface area contributed by atoms with Crippen molar-refractivity contribution in [1.82, 2.24) is 19.8 Å². The summed E-state index contributed by atoms with van der Waals surface area (Å²) in [4.78, 5) is 20.2. The van der Waals surface area contributed by atoms with E-state index in [1.54, 1.807) is 0 Å². The molecule has 2 aliphatic carbocycles. The molecule has 2 aromatic rings. The minimum atomic E-state index is -0.455. The molecule has 154 valence electrons. The van der Waals surface area contributed by atoms with E-state index < -0.39 is 6.10 Å². The highest BCUT2D eigenvalue weighted by atomic mass is 16.3. The first-order valence-electron chi connectivity index (χ1n) is 11.1. The largest absolute Gasteiger partial charge is 0.391 e. The smallest absolute Gasteiger partial charge is 0.275 e. The fourth-order valence-corrected chi connectivity index (χ4v) is 5.03. The van der Waals surface area contributed by atoms with E-state index in [0.29, 0.717) is 30.7 Å². The fraction of sp³-hybridized carbons (Fsp3) is 0.565. The number of amides is 1. The summed E-state index contributed by atoms with van der Waals surface area (Å²) in [6.07, 6.45) is 8.27. The maximum atomic E-state index is 13.7. The van der Waals surface area contributed by atoms with Crippen molar-refractivity contribution in [1.29, 1.82) is 0 Å². The maximum absolute atomic E-state index is 13.7. The Hall–Kier alpha value is -2.18. The van der Waals surface area contributed by atoms with E-state index in [0.717, 1.165) is 43.5 Å². The molecule has 1 unspecified atom stereocenters. The third-order valence-corrected chi connectivity index (χ3v) is 6.80. The minimum Gasteiger partial charge on any atom is -0.391 e. The molecule has 1 saturated heterocycles. The molecule has 0 spiro atoms. The van der Waals surface area contributed by atoms with Gasteiger partial charge in [0.2, 0.25) is 0 Å². The lowest BCUT2D eigenvalue weighted by molar-refractivity contribution is 0.0188. The summed E-state index contributed by atoms with van der Waals surface area (Å²) in [5.74, 6) is 0.284. The van der Waals surface area contributed by atoms with Crippen LogP contribution in [0.2, 0.25) is 0 Å². The maximum Gasteiger partial charge on any atom is 0.275 e. The third kappa shape index (κ3) is 3.60. The van der Waals surface area contributed by atoms with Crippen molar-refractivity contribution < 1.29 is 9.90 Å². The lowest BCUT2D eigenvalue weighted by Crippen LogP contribution is -2.58. The zero-order chi connectivity index (χ0) is 19.8. The van der Waals surface area contributed by atoms with Crippen LogP contribution < -0.4 is 5.32 Å². The van der Waals surface area contributed by atoms with Crippen LogP contribution in [0, 0.1) is 5.92 Å². The van der Waals surface area contributed by atoms with Crippen molar-refractivity contribution in [3.05, 3.63) is 42.4 Å². The summed E-state index contributed by atoms with van der Waals surface area (Å²) in [5, 5.41) is 14.1. The molecule has 1 aromatic carbocycles. The van der Waals surface area contributed by atoms with E-state index in [4.69, 9.17) is 0 Å². The number of aliphatic hydroxyl groups is 1. The van der Waals surface area contributed by atoms with E-state index in [9.17, 15) is 9.90 Å². The van der Waals surface area contributed by atoms with Crippen LogP contribution in [-0.4, -0.2) is 57.2 Å². The van der Waals surface area contributed by atoms with Crippen LogP contribution >= 0.6 is 0 Å². The Morgan fingerprint density at radius 3 is 2.62 bits per heavy atom. The van der Waals surface area contributed by atoms with E-state index in [-0.39, 0.29) is 11.9 Å². The SMILES string of the molecule is O=C(c1ncn(C2CCCC2)c1-c1ccccc1)N1CCNC[C@H]1C(O)C1CC1. The van der Waals surface area contributed by atoms with Gasteiger partial charge in [-0.2, -0.15) is 0 Å². The van der Waals surface area contributed by atoms with Crippen molar-refractivity contribution in [3.8, 4) is 11.3 Å². The quantitative estimate of drug-likeness (QED) is 0.818. The van der Waals surface area contributed by atoms with E-state index in [1.165, 1.54) is 12.8 Å². The Balaban J connectivity index is 1.51. The van der Waals surface area contributed by atoms with Crippen LogP contribution in [0.25, 0.3) is 11.3 Å². The molecular weight excluding hydrogens is 364 g/mol. The Morgan fingerprint density at radius 2 is 1.90 bits per heavy atom. The number of imidazole rings is 1. The summed E-state index contributed by atoms with van der Waals surface area (Å²) in [7, 11) is 0. The van der Waals surface area contributed by atoms with Crippen molar-refractivity contribution in [3.63, 3.8) is 0 Å². The second-order valence-electron chi connectivity index (χ2n) is 8.75. The number of rotatable bonds is 5. The molecule has 0 bridgehead atoms. The predicted octanol–water partition coefficient (Wildman–Crippen LogP) is 2.85. The topological polar surface area (TPSA) is 70.4 Å². The third-order valence-electron chi connectivity index (χ3n) is 6.80. The number of nitrogens with zero attached hydrogens (tertiary/aromatic N) is 3. The van der Waals surface area contributed by atoms with Crippen LogP contribution in [0.5, 0.6) is 0 Å². The Labute approximate surface area is 171 Å². The van der Waals surface area contributed by atoms with Gasteiger partial charge in [0.25, 0.3) is 5.91 Å². The lowest BCUT2D eigenvalue weighted by Gasteiger charge is -2.39. The summed E-state index contributed by atoms with van der Waals surface area (Å²) in [6.45, 7) is 2.01. The Morgan fingerprint density at radius 1 is 1.14 bits per heavy atom. The normalized spacial score (nSPS) is 24.0.